The minimum Gasteiger partial charge on any atom is -0.465 e. The number of aromatic nitrogens is 1. The van der Waals surface area contributed by atoms with E-state index in [1.54, 1.807) is 0 Å². The van der Waals surface area contributed by atoms with Gasteiger partial charge in [0.25, 0.3) is 0 Å². The second kappa shape index (κ2) is 4.47. The molecule has 1 N–H and O–H groups in total. The number of rotatable bonds is 1. The van der Waals surface area contributed by atoms with Crippen LogP contribution in [0.2, 0.25) is 0 Å². The summed E-state index contributed by atoms with van der Waals surface area (Å²) in [6.45, 7) is 2.32. The lowest BCUT2D eigenvalue weighted by Crippen LogP contribution is -2.40. The van der Waals surface area contributed by atoms with Gasteiger partial charge in [0.1, 0.15) is 4.34 Å². The quantitative estimate of drug-likeness (QED) is 0.759. The molecule has 0 aliphatic carbocycles. The summed E-state index contributed by atoms with van der Waals surface area (Å²) in [6, 6.07) is 0.0374. The number of nitrogens with zero attached hydrogens (tertiary/aromatic N) is 2. The van der Waals surface area contributed by atoms with Crippen LogP contribution in [0.25, 0.3) is 5.57 Å². The molecule has 6 heteroatoms. The van der Waals surface area contributed by atoms with Crippen molar-refractivity contribution in [3.05, 3.63) is 17.2 Å². The molecule has 0 radical (unpaired) electrons. The van der Waals surface area contributed by atoms with Gasteiger partial charge in [-0.3, -0.25) is 0 Å². The van der Waals surface area contributed by atoms with Gasteiger partial charge in [0.05, 0.1) is 12.2 Å². The van der Waals surface area contributed by atoms with Crippen molar-refractivity contribution < 1.29 is 9.90 Å². The van der Waals surface area contributed by atoms with Crippen molar-refractivity contribution in [3.8, 4) is 0 Å². The molecule has 16 heavy (non-hydrogen) atoms. The van der Waals surface area contributed by atoms with Gasteiger partial charge in [0.15, 0.2) is 0 Å². The molecule has 0 saturated carbocycles. The third kappa shape index (κ3) is 2.22. The van der Waals surface area contributed by atoms with Crippen LogP contribution in [0.3, 0.4) is 0 Å². The Bertz CT molecular complexity index is 442. The fraction of sp³-hybridized carbons (Fsp3) is 0.400. The lowest BCUT2D eigenvalue weighted by atomic mass is 10.0. The van der Waals surface area contributed by atoms with Crippen LogP contribution in [0, 0.1) is 0 Å². The van der Waals surface area contributed by atoms with Gasteiger partial charge in [0, 0.05) is 11.4 Å². The highest BCUT2D eigenvalue weighted by Gasteiger charge is 2.24. The van der Waals surface area contributed by atoms with Crippen molar-refractivity contribution in [3.63, 3.8) is 0 Å². The van der Waals surface area contributed by atoms with Crippen molar-refractivity contribution >= 4 is 35.6 Å². The summed E-state index contributed by atoms with van der Waals surface area (Å²) in [5, 5.41) is 11.0. The molecule has 0 saturated heterocycles. The second-order valence-corrected chi connectivity index (χ2v) is 5.32. The van der Waals surface area contributed by atoms with Gasteiger partial charge in [-0.15, -0.1) is 24.0 Å². The Balaban J connectivity index is 2.22. The Hall–Kier alpha value is -1.01. The Labute approximate surface area is 103 Å². The summed E-state index contributed by atoms with van der Waals surface area (Å²) in [6.07, 6.45) is 1.92. The van der Waals surface area contributed by atoms with Gasteiger partial charge < -0.3 is 10.0 Å². The summed E-state index contributed by atoms with van der Waals surface area (Å²) in [4.78, 5) is 16.7. The van der Waals surface area contributed by atoms with E-state index in [1.807, 2.05) is 12.3 Å². The average Bonchev–Trinajstić information content (AvgIpc) is 2.65. The minimum atomic E-state index is -0.876. The van der Waals surface area contributed by atoms with Crippen LogP contribution in [-0.4, -0.2) is 33.7 Å². The first-order valence-electron chi connectivity index (χ1n) is 4.91. The summed E-state index contributed by atoms with van der Waals surface area (Å²) >= 11 is 5.61. The fourth-order valence-electron chi connectivity index (χ4n) is 1.70. The molecule has 2 heterocycles. The maximum atomic E-state index is 11.0. The summed E-state index contributed by atoms with van der Waals surface area (Å²) < 4.78 is 0.705. The molecule has 0 unspecified atom stereocenters. The van der Waals surface area contributed by atoms with Crippen LogP contribution in [-0.2, 0) is 0 Å². The standard InChI is InChI=1S/C10H12N2O2S2/c1-6-2-3-7(4-12(6)10(13)14)8-5-16-9(15)11-8/h3,5-6H,2,4H2,1H3,(H,11,15)(H,13,14)/t6-/m0/s1. The van der Waals surface area contributed by atoms with Crippen molar-refractivity contribution in [1.29, 1.82) is 0 Å². The van der Waals surface area contributed by atoms with Gasteiger partial charge in [0.2, 0.25) is 0 Å². The van der Waals surface area contributed by atoms with E-state index in [4.69, 9.17) is 5.11 Å². The second-order valence-electron chi connectivity index (χ2n) is 3.74. The van der Waals surface area contributed by atoms with E-state index in [-0.39, 0.29) is 6.04 Å². The topological polar surface area (TPSA) is 53.4 Å². The number of thiol groups is 1. The zero-order chi connectivity index (χ0) is 11.7. The molecule has 1 aromatic heterocycles. The molecular formula is C10H12N2O2S2. The maximum absolute atomic E-state index is 11.0. The monoisotopic (exact) mass is 256 g/mol. The molecule has 1 aliphatic heterocycles. The molecule has 4 nitrogen and oxygen atoms in total. The third-order valence-electron chi connectivity index (χ3n) is 2.64. The third-order valence-corrected chi connectivity index (χ3v) is 3.70. The van der Waals surface area contributed by atoms with E-state index in [1.165, 1.54) is 16.2 Å². The maximum Gasteiger partial charge on any atom is 0.407 e. The summed E-state index contributed by atoms with van der Waals surface area (Å²) in [5.41, 5.74) is 1.81. The first-order valence-corrected chi connectivity index (χ1v) is 6.24. The first-order chi connectivity index (χ1) is 7.58. The van der Waals surface area contributed by atoms with E-state index in [0.29, 0.717) is 10.9 Å². The highest BCUT2D eigenvalue weighted by atomic mass is 32.2. The molecule has 0 spiro atoms. The van der Waals surface area contributed by atoms with Crippen LogP contribution in [0.1, 0.15) is 19.0 Å². The largest absolute Gasteiger partial charge is 0.465 e. The zero-order valence-corrected chi connectivity index (χ0v) is 10.5. The van der Waals surface area contributed by atoms with Gasteiger partial charge in [-0.05, 0) is 18.9 Å². The highest BCUT2D eigenvalue weighted by Crippen LogP contribution is 2.26. The van der Waals surface area contributed by atoms with Gasteiger partial charge in [-0.1, -0.05) is 6.08 Å². The van der Waals surface area contributed by atoms with Gasteiger partial charge >= 0.3 is 6.09 Å². The minimum absolute atomic E-state index is 0.0374. The van der Waals surface area contributed by atoms with Crippen molar-refractivity contribution in [2.24, 2.45) is 0 Å². The summed E-state index contributed by atoms with van der Waals surface area (Å²) in [7, 11) is 0. The number of thiazole rings is 1. The number of carboxylic acid groups (broad SMARTS) is 1. The molecule has 0 fully saturated rings. The van der Waals surface area contributed by atoms with Crippen LogP contribution in [0.5, 0.6) is 0 Å². The molecule has 1 atom stereocenters. The molecule has 1 aromatic rings. The molecule has 86 valence electrons. The summed E-state index contributed by atoms with van der Waals surface area (Å²) in [5.74, 6) is 0. The van der Waals surface area contributed by atoms with Crippen LogP contribution >= 0.6 is 24.0 Å². The van der Waals surface area contributed by atoms with Gasteiger partial charge in [-0.25, -0.2) is 9.78 Å². The lowest BCUT2D eigenvalue weighted by Gasteiger charge is -2.30. The number of carbonyl (C=O) groups is 1. The van der Waals surface area contributed by atoms with Crippen LogP contribution < -0.4 is 0 Å². The molecule has 0 bridgehead atoms. The Morgan fingerprint density at radius 2 is 2.50 bits per heavy atom. The fourth-order valence-corrected chi connectivity index (χ4v) is 2.54. The van der Waals surface area contributed by atoms with E-state index >= 15 is 0 Å². The van der Waals surface area contributed by atoms with Gasteiger partial charge in [-0.2, -0.15) is 0 Å². The van der Waals surface area contributed by atoms with Crippen molar-refractivity contribution in [1.82, 2.24) is 9.88 Å². The van der Waals surface area contributed by atoms with Crippen molar-refractivity contribution in [2.75, 3.05) is 6.54 Å². The zero-order valence-electron chi connectivity index (χ0n) is 8.75. The van der Waals surface area contributed by atoms with E-state index in [0.717, 1.165) is 17.7 Å². The van der Waals surface area contributed by atoms with Crippen LogP contribution in [0.4, 0.5) is 4.79 Å². The first kappa shape index (κ1) is 11.5. The Morgan fingerprint density at radius 3 is 3.06 bits per heavy atom. The average molecular weight is 256 g/mol. The lowest BCUT2D eigenvalue weighted by molar-refractivity contribution is 0.134. The number of amides is 1. The molecular weight excluding hydrogens is 244 g/mol. The SMILES string of the molecule is C[C@H]1CC=C(c2csc(S)n2)CN1C(=O)O. The normalized spacial score (nSPS) is 20.8. The van der Waals surface area contributed by atoms with E-state index < -0.39 is 6.09 Å². The number of hydrogen-bond donors (Lipinski definition) is 2. The Kier molecular flexibility index (Phi) is 3.20. The van der Waals surface area contributed by atoms with E-state index in [2.05, 4.69) is 23.7 Å². The Morgan fingerprint density at radius 1 is 1.75 bits per heavy atom. The van der Waals surface area contributed by atoms with Crippen molar-refractivity contribution in [2.45, 2.75) is 23.7 Å². The van der Waals surface area contributed by atoms with Crippen LogP contribution in [0.15, 0.2) is 15.8 Å². The molecule has 2 rings (SSSR count). The predicted octanol–water partition coefficient (Wildman–Crippen LogP) is 2.59. The molecule has 1 aliphatic rings. The predicted molar refractivity (Wildman–Crippen MR) is 66.2 cm³/mol. The molecule has 0 aromatic carbocycles. The highest BCUT2D eigenvalue weighted by molar-refractivity contribution is 7.82. The smallest absolute Gasteiger partial charge is 0.407 e. The number of hydrogen-bond acceptors (Lipinski definition) is 4. The molecule has 1 amide bonds. The van der Waals surface area contributed by atoms with E-state index in [9.17, 15) is 4.79 Å².